The molecule has 0 unspecified atom stereocenters. The number of ether oxygens (including phenoxy) is 1. The number of methoxy groups -OCH3 is 1. The van der Waals surface area contributed by atoms with Crippen molar-refractivity contribution in [3.63, 3.8) is 0 Å². The van der Waals surface area contributed by atoms with E-state index in [0.29, 0.717) is 25.1 Å². The second kappa shape index (κ2) is 13.3. The monoisotopic (exact) mass is 588 g/mol. The molecule has 4 rings (SSSR count). The van der Waals surface area contributed by atoms with Crippen LogP contribution in [0.4, 0.5) is 0 Å². The number of allylic oxidation sites excluding steroid dienone is 4. The highest BCUT2D eigenvalue weighted by Crippen LogP contribution is 2.36. The van der Waals surface area contributed by atoms with E-state index in [4.69, 9.17) is 26.3 Å². The van der Waals surface area contributed by atoms with Gasteiger partial charge in [0.05, 0.1) is 29.9 Å². The Bertz CT molecular complexity index is 1590. The van der Waals surface area contributed by atoms with Crippen molar-refractivity contribution in [2.75, 3.05) is 13.0 Å². The van der Waals surface area contributed by atoms with Crippen LogP contribution in [0, 0.1) is 27.7 Å². The van der Waals surface area contributed by atoms with Crippen LogP contribution in [0.5, 0.6) is 0 Å². The van der Waals surface area contributed by atoms with Crippen LogP contribution in [0.2, 0.25) is 0 Å². The van der Waals surface area contributed by atoms with Gasteiger partial charge in [0.1, 0.15) is 0 Å². The zero-order valence-corrected chi connectivity index (χ0v) is 27.4. The van der Waals surface area contributed by atoms with E-state index >= 15 is 0 Å². The first-order chi connectivity index (χ1) is 20.0. The summed E-state index contributed by atoms with van der Waals surface area (Å²) in [7, 11) is 1.43. The highest BCUT2D eigenvalue weighted by molar-refractivity contribution is 6.22. The van der Waals surface area contributed by atoms with Crippen molar-refractivity contribution in [3.05, 3.63) is 78.7 Å². The fourth-order valence-electron chi connectivity index (χ4n) is 6.39. The SMILES string of the molecule is CCc1c(C)[nH]c(/C=C2\N=C(CC3=N/C(=C/c4[nH]c(C)c(CC)c4C)C(C)=C3CCCl)C(C)=C2CCC(=O)OC)c1C. The molecule has 0 saturated carbocycles. The molecule has 2 N–H and O–H groups in total. The number of halogens is 1. The molecule has 0 amide bonds. The van der Waals surface area contributed by atoms with Crippen LogP contribution < -0.4 is 0 Å². The number of hydrogen-bond donors (Lipinski definition) is 2. The molecule has 2 aromatic heterocycles. The molecule has 0 aromatic carbocycles. The van der Waals surface area contributed by atoms with E-state index in [0.717, 1.165) is 64.6 Å². The summed E-state index contributed by atoms with van der Waals surface area (Å²) >= 11 is 6.29. The van der Waals surface area contributed by atoms with Gasteiger partial charge in [-0.3, -0.25) is 14.8 Å². The van der Waals surface area contributed by atoms with Crippen molar-refractivity contribution in [1.29, 1.82) is 0 Å². The summed E-state index contributed by atoms with van der Waals surface area (Å²) in [5.41, 5.74) is 18.2. The minimum absolute atomic E-state index is 0.220. The van der Waals surface area contributed by atoms with Gasteiger partial charge in [-0.05, 0) is 124 Å². The van der Waals surface area contributed by atoms with E-state index in [1.807, 2.05) is 0 Å². The van der Waals surface area contributed by atoms with Crippen LogP contribution in [-0.4, -0.2) is 40.4 Å². The van der Waals surface area contributed by atoms with Crippen LogP contribution in [0.15, 0.2) is 43.7 Å². The Morgan fingerprint density at radius 3 is 1.83 bits per heavy atom. The molecule has 0 bridgehead atoms. The number of nitrogens with one attached hydrogen (secondary N) is 2. The third-order valence-corrected chi connectivity index (χ3v) is 9.10. The van der Waals surface area contributed by atoms with E-state index in [1.54, 1.807) is 0 Å². The number of alkyl halides is 1. The predicted octanol–water partition coefficient (Wildman–Crippen LogP) is 8.60. The Kier molecular flexibility index (Phi) is 9.98. The average molecular weight is 589 g/mol. The molecule has 0 fully saturated rings. The van der Waals surface area contributed by atoms with Crippen molar-refractivity contribution in [2.24, 2.45) is 9.98 Å². The molecule has 0 spiro atoms. The van der Waals surface area contributed by atoms with Gasteiger partial charge in [-0.25, -0.2) is 0 Å². The van der Waals surface area contributed by atoms with Crippen molar-refractivity contribution in [1.82, 2.24) is 9.97 Å². The van der Waals surface area contributed by atoms with Crippen LogP contribution in [-0.2, 0) is 22.4 Å². The van der Waals surface area contributed by atoms with Crippen LogP contribution in [0.3, 0.4) is 0 Å². The number of aromatic nitrogens is 2. The summed E-state index contributed by atoms with van der Waals surface area (Å²) in [4.78, 5) is 29.5. The maximum atomic E-state index is 12.1. The molecule has 2 aliphatic rings. The van der Waals surface area contributed by atoms with E-state index in [2.05, 4.69) is 77.5 Å². The molecule has 0 radical (unpaired) electrons. The number of aromatic amines is 2. The van der Waals surface area contributed by atoms with Gasteiger partial charge in [0, 0.05) is 41.5 Å². The lowest BCUT2D eigenvalue weighted by Gasteiger charge is -2.08. The molecule has 42 heavy (non-hydrogen) atoms. The third-order valence-electron chi connectivity index (χ3n) is 8.91. The summed E-state index contributed by atoms with van der Waals surface area (Å²) in [6, 6.07) is 0. The van der Waals surface area contributed by atoms with Gasteiger partial charge in [-0.2, -0.15) is 0 Å². The number of hydrogen-bond acceptors (Lipinski definition) is 4. The topological polar surface area (TPSA) is 82.6 Å². The maximum Gasteiger partial charge on any atom is 0.305 e. The molecule has 2 aromatic rings. The molecular weight excluding hydrogens is 544 g/mol. The zero-order chi connectivity index (χ0) is 30.7. The summed E-state index contributed by atoms with van der Waals surface area (Å²) in [5, 5.41) is 0. The average Bonchev–Trinajstić information content (AvgIpc) is 3.60. The fraction of sp³-hybridized carbons (Fsp3) is 0.457. The first kappa shape index (κ1) is 31.6. The molecule has 0 aliphatic carbocycles. The lowest BCUT2D eigenvalue weighted by molar-refractivity contribution is -0.140. The minimum atomic E-state index is -0.220. The normalized spacial score (nSPS) is 17.3. The summed E-state index contributed by atoms with van der Waals surface area (Å²) < 4.78 is 4.95. The second-order valence-electron chi connectivity index (χ2n) is 11.3. The minimum Gasteiger partial charge on any atom is -0.469 e. The third kappa shape index (κ3) is 6.19. The Hall–Kier alpha value is -3.38. The standard InChI is InChI=1S/C35H45ClN4O2/c1-10-25-19(3)29(37-23(25)7)16-31-22(6)28(14-15-36)34(39-31)18-32-21(5)27(12-13-35(41)42-9)33(40-32)17-30-20(4)26(11-2)24(8)38-30/h16-17,37-38H,10-15,18H2,1-9H3/b31-16+,33-17-. The van der Waals surface area contributed by atoms with E-state index in [1.165, 1.54) is 51.9 Å². The second-order valence-corrected chi connectivity index (χ2v) is 11.7. The van der Waals surface area contributed by atoms with Crippen molar-refractivity contribution >= 4 is 41.1 Å². The lowest BCUT2D eigenvalue weighted by Crippen LogP contribution is -2.10. The number of nitrogens with zero attached hydrogens (tertiary/aromatic N) is 2. The predicted molar refractivity (Wildman–Crippen MR) is 177 cm³/mol. The first-order valence-corrected chi connectivity index (χ1v) is 15.6. The largest absolute Gasteiger partial charge is 0.469 e. The van der Waals surface area contributed by atoms with Crippen molar-refractivity contribution in [2.45, 2.75) is 93.9 Å². The van der Waals surface area contributed by atoms with Gasteiger partial charge in [0.15, 0.2) is 0 Å². The number of carbonyl (C=O) groups excluding carboxylic acids is 1. The Morgan fingerprint density at radius 1 is 0.786 bits per heavy atom. The van der Waals surface area contributed by atoms with E-state index < -0.39 is 0 Å². The number of H-pyrrole nitrogens is 2. The van der Waals surface area contributed by atoms with E-state index in [-0.39, 0.29) is 5.97 Å². The number of esters is 1. The highest BCUT2D eigenvalue weighted by atomic mass is 35.5. The van der Waals surface area contributed by atoms with Crippen molar-refractivity contribution < 1.29 is 9.53 Å². The summed E-state index contributed by atoms with van der Waals surface area (Å²) in [5.74, 6) is 0.309. The maximum absolute atomic E-state index is 12.1. The van der Waals surface area contributed by atoms with Gasteiger partial charge >= 0.3 is 5.97 Å². The number of aryl methyl sites for hydroxylation is 2. The molecule has 0 atom stereocenters. The molecule has 0 saturated heterocycles. The zero-order valence-electron chi connectivity index (χ0n) is 26.7. The van der Waals surface area contributed by atoms with Crippen LogP contribution >= 0.6 is 11.6 Å². The van der Waals surface area contributed by atoms with Gasteiger partial charge in [-0.15, -0.1) is 11.6 Å². The molecule has 224 valence electrons. The van der Waals surface area contributed by atoms with Gasteiger partial charge in [-0.1, -0.05) is 13.8 Å². The molecule has 2 aliphatic heterocycles. The number of rotatable bonds is 11. The molecular formula is C35H45ClN4O2. The van der Waals surface area contributed by atoms with Gasteiger partial charge in [0.25, 0.3) is 0 Å². The summed E-state index contributed by atoms with van der Waals surface area (Å²) in [6.07, 6.45) is 8.52. The van der Waals surface area contributed by atoms with Crippen LogP contribution in [0.1, 0.15) is 98.4 Å². The summed E-state index contributed by atoms with van der Waals surface area (Å²) in [6.45, 7) is 17.2. The first-order valence-electron chi connectivity index (χ1n) is 15.0. The number of aliphatic imine (C=N–C) groups is 2. The molecule has 6 nitrogen and oxygen atoms in total. The smallest absolute Gasteiger partial charge is 0.305 e. The lowest BCUT2D eigenvalue weighted by atomic mass is 9.95. The fourth-order valence-corrected chi connectivity index (χ4v) is 6.58. The number of carbonyl (C=O) groups is 1. The molecule has 4 heterocycles. The Balaban J connectivity index is 1.74. The Morgan fingerprint density at radius 2 is 1.33 bits per heavy atom. The van der Waals surface area contributed by atoms with Crippen LogP contribution in [0.25, 0.3) is 12.2 Å². The Labute approximate surface area is 255 Å². The quantitative estimate of drug-likeness (QED) is 0.203. The van der Waals surface area contributed by atoms with Crippen molar-refractivity contribution in [3.8, 4) is 0 Å². The molecule has 7 heteroatoms. The van der Waals surface area contributed by atoms with E-state index in [9.17, 15) is 4.79 Å². The highest BCUT2D eigenvalue weighted by Gasteiger charge is 2.27. The van der Waals surface area contributed by atoms with Gasteiger partial charge < -0.3 is 14.7 Å². The van der Waals surface area contributed by atoms with Gasteiger partial charge in [0.2, 0.25) is 0 Å².